The minimum absolute atomic E-state index is 0.0274. The number of piperazine rings is 1. The molecule has 1 amide bonds. The quantitative estimate of drug-likeness (QED) is 0.356. The van der Waals surface area contributed by atoms with Crippen molar-refractivity contribution in [1.29, 1.82) is 5.26 Å². The Kier molecular flexibility index (Phi) is 8.22. The number of hydrogen-bond donors (Lipinski definition) is 0. The molecule has 2 aliphatic rings. The van der Waals surface area contributed by atoms with Gasteiger partial charge in [-0.3, -0.25) is 9.79 Å². The summed E-state index contributed by atoms with van der Waals surface area (Å²) in [6, 6.07) is 15.0. The molecule has 2 aliphatic heterocycles. The number of nitriles is 1. The molecular weight excluding hydrogens is 521 g/mol. The molecule has 3 aromatic rings. The number of carbonyl (C=O) groups excluding carboxylic acids is 1. The van der Waals surface area contributed by atoms with E-state index in [4.69, 9.17) is 9.15 Å². The van der Waals surface area contributed by atoms with Gasteiger partial charge in [0.1, 0.15) is 29.4 Å². The van der Waals surface area contributed by atoms with Crippen LogP contribution in [-0.4, -0.2) is 82.0 Å². The number of nitrogens with zero attached hydrogens (tertiary/aromatic N) is 5. The number of carbonyl (C=O) groups is 1. The molecule has 1 atom stereocenters. The van der Waals surface area contributed by atoms with Crippen LogP contribution in [0.1, 0.15) is 40.6 Å². The van der Waals surface area contributed by atoms with E-state index < -0.39 is 6.17 Å². The highest BCUT2D eigenvalue weighted by Crippen LogP contribution is 2.41. The third kappa shape index (κ3) is 5.61. The number of alkyl halides is 1. The average molecular weight is 556 g/mol. The molecule has 0 unspecified atom stereocenters. The van der Waals surface area contributed by atoms with Crippen molar-refractivity contribution in [2.45, 2.75) is 19.5 Å². The predicted octanol–water partition coefficient (Wildman–Crippen LogP) is 5.55. The van der Waals surface area contributed by atoms with E-state index in [-0.39, 0.29) is 12.5 Å². The van der Waals surface area contributed by atoms with Crippen molar-refractivity contribution in [3.05, 3.63) is 71.0 Å². The van der Waals surface area contributed by atoms with E-state index in [1.807, 2.05) is 41.0 Å². The Hall–Kier alpha value is -4.42. The molecule has 2 aromatic carbocycles. The van der Waals surface area contributed by atoms with Crippen LogP contribution in [0.2, 0.25) is 0 Å². The van der Waals surface area contributed by atoms with Gasteiger partial charge >= 0.3 is 0 Å². The third-order valence-corrected chi connectivity index (χ3v) is 7.82. The van der Waals surface area contributed by atoms with Gasteiger partial charge in [-0.05, 0) is 63.0 Å². The summed E-state index contributed by atoms with van der Waals surface area (Å²) in [6.07, 6.45) is 1.48. The van der Waals surface area contributed by atoms with E-state index in [1.54, 1.807) is 31.4 Å². The van der Waals surface area contributed by atoms with E-state index in [2.05, 4.69) is 29.7 Å². The molecule has 0 saturated carbocycles. The number of rotatable bonds is 7. The fourth-order valence-electron chi connectivity index (χ4n) is 5.48. The molecule has 3 heterocycles. The summed E-state index contributed by atoms with van der Waals surface area (Å²) < 4.78 is 25.9. The molecule has 0 bridgehead atoms. The van der Waals surface area contributed by atoms with E-state index >= 15 is 0 Å². The summed E-state index contributed by atoms with van der Waals surface area (Å²) in [4.78, 5) is 23.3. The number of amides is 1. The van der Waals surface area contributed by atoms with E-state index in [0.29, 0.717) is 65.7 Å². The molecule has 0 spiro atoms. The van der Waals surface area contributed by atoms with Crippen LogP contribution in [0, 0.1) is 11.3 Å². The first-order valence-corrected chi connectivity index (χ1v) is 13.7. The van der Waals surface area contributed by atoms with Gasteiger partial charge in [0, 0.05) is 56.5 Å². The van der Waals surface area contributed by atoms with Crippen molar-refractivity contribution in [1.82, 2.24) is 9.80 Å². The number of aliphatic imine (C=N–C) groups is 1. The summed E-state index contributed by atoms with van der Waals surface area (Å²) in [5.74, 6) is 1.50. The van der Waals surface area contributed by atoms with Gasteiger partial charge in [-0.2, -0.15) is 5.26 Å². The predicted molar refractivity (Wildman–Crippen MR) is 159 cm³/mol. The SMILES string of the molecule is C=Nc1cc(-c2ccc(C(=O)N3CCN(C)CC3)cc2OC)oc1/C(=C\C)c1ccc(N2CC[C@H](F)C2)c(C#N)c1. The van der Waals surface area contributed by atoms with E-state index in [1.165, 1.54) is 0 Å². The number of methoxy groups -OCH3 is 1. The Morgan fingerprint density at radius 3 is 2.54 bits per heavy atom. The summed E-state index contributed by atoms with van der Waals surface area (Å²) in [5.41, 5.74) is 4.48. The number of anilines is 1. The molecule has 8 nitrogen and oxygen atoms in total. The molecule has 2 fully saturated rings. The minimum Gasteiger partial charge on any atom is -0.496 e. The molecule has 2 saturated heterocycles. The Labute approximate surface area is 239 Å². The van der Waals surface area contributed by atoms with Gasteiger partial charge in [-0.1, -0.05) is 12.1 Å². The fraction of sp³-hybridized carbons (Fsp3) is 0.344. The molecule has 0 N–H and O–H groups in total. The van der Waals surface area contributed by atoms with Crippen molar-refractivity contribution >= 4 is 29.6 Å². The maximum atomic E-state index is 13.8. The highest BCUT2D eigenvalue weighted by molar-refractivity contribution is 5.96. The Bertz CT molecular complexity index is 1530. The largest absolute Gasteiger partial charge is 0.496 e. The second-order valence-corrected chi connectivity index (χ2v) is 10.4. The van der Waals surface area contributed by atoms with Crippen LogP contribution in [0.5, 0.6) is 5.75 Å². The van der Waals surface area contributed by atoms with Crippen molar-refractivity contribution < 1.29 is 18.3 Å². The van der Waals surface area contributed by atoms with Gasteiger partial charge in [0.25, 0.3) is 5.91 Å². The van der Waals surface area contributed by atoms with Gasteiger partial charge in [-0.15, -0.1) is 0 Å². The zero-order chi connectivity index (χ0) is 29.1. The van der Waals surface area contributed by atoms with E-state index in [0.717, 1.165) is 29.9 Å². The summed E-state index contributed by atoms with van der Waals surface area (Å²) in [6.45, 7) is 9.55. The molecule has 1 aromatic heterocycles. The summed E-state index contributed by atoms with van der Waals surface area (Å²) >= 11 is 0. The lowest BCUT2D eigenvalue weighted by Crippen LogP contribution is -2.47. The average Bonchev–Trinajstić information content (AvgIpc) is 3.63. The van der Waals surface area contributed by atoms with Crippen LogP contribution in [0.4, 0.5) is 15.8 Å². The minimum atomic E-state index is -0.883. The number of benzene rings is 2. The number of hydrogen-bond acceptors (Lipinski definition) is 7. The zero-order valence-corrected chi connectivity index (χ0v) is 23.7. The van der Waals surface area contributed by atoms with Gasteiger partial charge in [0.2, 0.25) is 0 Å². The number of halogens is 1. The van der Waals surface area contributed by atoms with Crippen molar-refractivity contribution in [2.75, 3.05) is 58.3 Å². The first kappa shape index (κ1) is 28.1. The number of furan rings is 1. The molecule has 5 rings (SSSR count). The maximum absolute atomic E-state index is 13.8. The van der Waals surface area contributed by atoms with Crippen LogP contribution in [0.3, 0.4) is 0 Å². The highest BCUT2D eigenvalue weighted by Gasteiger charge is 2.26. The van der Waals surface area contributed by atoms with Crippen LogP contribution in [0.15, 0.2) is 58.0 Å². The van der Waals surface area contributed by atoms with Gasteiger partial charge < -0.3 is 23.9 Å². The van der Waals surface area contributed by atoms with Crippen LogP contribution >= 0.6 is 0 Å². The lowest BCUT2D eigenvalue weighted by atomic mass is 9.99. The van der Waals surface area contributed by atoms with Crippen LogP contribution in [-0.2, 0) is 0 Å². The van der Waals surface area contributed by atoms with Crippen molar-refractivity contribution in [2.24, 2.45) is 4.99 Å². The van der Waals surface area contributed by atoms with Gasteiger partial charge in [0.15, 0.2) is 5.76 Å². The molecule has 212 valence electrons. The zero-order valence-electron chi connectivity index (χ0n) is 23.7. The number of allylic oxidation sites excluding steroid dienone is 1. The molecule has 0 radical (unpaired) electrons. The summed E-state index contributed by atoms with van der Waals surface area (Å²) in [7, 11) is 3.62. The van der Waals surface area contributed by atoms with Crippen molar-refractivity contribution in [3.8, 4) is 23.1 Å². The topological polar surface area (TPSA) is 85.3 Å². The first-order chi connectivity index (χ1) is 19.9. The Morgan fingerprint density at radius 2 is 1.90 bits per heavy atom. The second-order valence-electron chi connectivity index (χ2n) is 10.4. The van der Waals surface area contributed by atoms with Gasteiger partial charge in [0.05, 0.1) is 23.9 Å². The lowest BCUT2D eigenvalue weighted by Gasteiger charge is -2.32. The molecule has 41 heavy (non-hydrogen) atoms. The maximum Gasteiger partial charge on any atom is 0.254 e. The lowest BCUT2D eigenvalue weighted by molar-refractivity contribution is 0.0663. The highest BCUT2D eigenvalue weighted by atomic mass is 19.1. The summed E-state index contributed by atoms with van der Waals surface area (Å²) in [5, 5.41) is 9.88. The molecular formula is C32H34FN5O3. The second kappa shape index (κ2) is 12.0. The normalized spacial score (nSPS) is 17.9. The Balaban J connectivity index is 1.46. The van der Waals surface area contributed by atoms with E-state index in [9.17, 15) is 14.4 Å². The molecule has 0 aliphatic carbocycles. The van der Waals surface area contributed by atoms with Gasteiger partial charge in [-0.25, -0.2) is 4.39 Å². The smallest absolute Gasteiger partial charge is 0.254 e. The van der Waals surface area contributed by atoms with Crippen LogP contribution in [0.25, 0.3) is 16.9 Å². The standard InChI is InChI=1S/C32H34FN5O3/c1-5-25(21-7-9-28(23(16-21)19-34)38-11-10-24(33)20-38)31-27(35-2)18-30(41-31)26-8-6-22(17-29(26)40-4)32(39)37-14-12-36(3)13-15-37/h5-9,16-18,24H,2,10-15,20H2,1,3-4H3/b25-5-/t24-/m0/s1. The third-order valence-electron chi connectivity index (χ3n) is 7.82. The fourth-order valence-corrected chi connectivity index (χ4v) is 5.48. The van der Waals surface area contributed by atoms with Crippen molar-refractivity contribution in [3.63, 3.8) is 0 Å². The monoisotopic (exact) mass is 555 g/mol. The van der Waals surface area contributed by atoms with Crippen LogP contribution < -0.4 is 9.64 Å². The molecule has 9 heteroatoms. The Morgan fingerprint density at radius 1 is 1.15 bits per heavy atom. The number of likely N-dealkylation sites (N-methyl/N-ethyl adjacent to an activating group) is 1. The number of ether oxygens (including phenoxy) is 1. The first-order valence-electron chi connectivity index (χ1n) is 13.7.